The fourth-order valence-corrected chi connectivity index (χ4v) is 2.81. The Hall–Kier alpha value is -1.42. The van der Waals surface area contributed by atoms with Crippen molar-refractivity contribution in [2.24, 2.45) is 4.99 Å². The number of nitrogens with one attached hydrogen (secondary N) is 2. The lowest BCUT2D eigenvalue weighted by atomic mass is 10.1. The van der Waals surface area contributed by atoms with Crippen molar-refractivity contribution in [3.05, 3.63) is 17.7 Å². The number of halogens is 1. The van der Waals surface area contributed by atoms with Gasteiger partial charge in [0.05, 0.1) is 34.0 Å². The van der Waals surface area contributed by atoms with Gasteiger partial charge in [0, 0.05) is 25.3 Å². The van der Waals surface area contributed by atoms with Crippen LogP contribution in [0.2, 0.25) is 0 Å². The van der Waals surface area contributed by atoms with Crippen molar-refractivity contribution < 1.29 is 18.9 Å². The summed E-state index contributed by atoms with van der Waals surface area (Å²) in [5.41, 5.74) is 0.925. The average Bonchev–Trinajstić information content (AvgIpc) is 3.16. The summed E-state index contributed by atoms with van der Waals surface area (Å²) in [5.74, 6) is 2.61. The van der Waals surface area contributed by atoms with Crippen LogP contribution in [0.1, 0.15) is 25.3 Å². The number of hydrogen-bond acceptors (Lipinski definition) is 5. The molecule has 0 saturated carbocycles. The van der Waals surface area contributed by atoms with E-state index in [2.05, 4.69) is 15.6 Å². The molecule has 1 aromatic rings. The first-order valence-electron chi connectivity index (χ1n) is 8.65. The first kappa shape index (κ1) is 22.6. The Morgan fingerprint density at radius 2 is 1.92 bits per heavy atom. The quantitative estimate of drug-likeness (QED) is 0.339. The van der Waals surface area contributed by atoms with Crippen LogP contribution in [0.4, 0.5) is 0 Å². The number of rotatable bonds is 8. The number of guanidine groups is 1. The molecule has 1 aliphatic rings. The Bertz CT molecular complexity index is 578. The summed E-state index contributed by atoms with van der Waals surface area (Å²) >= 11 is 0. The van der Waals surface area contributed by atoms with Crippen LogP contribution in [0.25, 0.3) is 0 Å². The fourth-order valence-electron chi connectivity index (χ4n) is 2.81. The first-order chi connectivity index (χ1) is 12.2. The predicted octanol–water partition coefficient (Wildman–Crippen LogP) is 2.56. The highest BCUT2D eigenvalue weighted by molar-refractivity contribution is 14.0. The fraction of sp³-hybridized carbons (Fsp3) is 0.611. The Labute approximate surface area is 172 Å². The molecule has 1 saturated heterocycles. The summed E-state index contributed by atoms with van der Waals surface area (Å²) in [7, 11) is 4.82. The lowest BCUT2D eigenvalue weighted by molar-refractivity contribution is 0.114. The molecule has 0 aromatic heterocycles. The number of nitrogens with zero attached hydrogens (tertiary/aromatic N) is 1. The molecule has 148 valence electrons. The number of benzene rings is 1. The summed E-state index contributed by atoms with van der Waals surface area (Å²) in [6.45, 7) is 4.91. The van der Waals surface area contributed by atoms with Gasteiger partial charge in [0.2, 0.25) is 5.75 Å². The molecule has 7 nitrogen and oxygen atoms in total. The van der Waals surface area contributed by atoms with Crippen molar-refractivity contribution in [2.75, 3.05) is 41.0 Å². The van der Waals surface area contributed by atoms with Crippen LogP contribution in [-0.2, 0) is 11.3 Å². The minimum atomic E-state index is 0. The van der Waals surface area contributed by atoms with E-state index in [-0.39, 0.29) is 30.1 Å². The summed E-state index contributed by atoms with van der Waals surface area (Å²) in [5, 5.41) is 6.59. The van der Waals surface area contributed by atoms with Crippen LogP contribution >= 0.6 is 24.0 Å². The second kappa shape index (κ2) is 12.1. The number of methoxy groups -OCH3 is 3. The van der Waals surface area contributed by atoms with E-state index in [4.69, 9.17) is 18.9 Å². The SMILES string of the molecule is CCNC(=NCc1ccc(OC)c(OC)c1OC)NCC1CCCO1.I. The summed E-state index contributed by atoms with van der Waals surface area (Å²) in [4.78, 5) is 4.65. The molecule has 26 heavy (non-hydrogen) atoms. The smallest absolute Gasteiger partial charge is 0.203 e. The van der Waals surface area contributed by atoms with Crippen molar-refractivity contribution in [1.29, 1.82) is 0 Å². The van der Waals surface area contributed by atoms with Gasteiger partial charge < -0.3 is 29.6 Å². The van der Waals surface area contributed by atoms with Gasteiger partial charge in [-0.2, -0.15) is 0 Å². The third-order valence-electron chi connectivity index (χ3n) is 4.06. The molecular weight excluding hydrogens is 449 g/mol. The van der Waals surface area contributed by atoms with E-state index in [0.29, 0.717) is 23.8 Å². The average molecular weight is 479 g/mol. The van der Waals surface area contributed by atoms with Crippen LogP contribution in [0.3, 0.4) is 0 Å². The maximum Gasteiger partial charge on any atom is 0.203 e. The lowest BCUT2D eigenvalue weighted by Gasteiger charge is -2.16. The third kappa shape index (κ3) is 6.08. The summed E-state index contributed by atoms with van der Waals surface area (Å²) in [6.07, 6.45) is 2.48. The van der Waals surface area contributed by atoms with Crippen molar-refractivity contribution in [2.45, 2.75) is 32.4 Å². The van der Waals surface area contributed by atoms with Crippen LogP contribution in [0.15, 0.2) is 17.1 Å². The molecule has 0 aliphatic carbocycles. The van der Waals surface area contributed by atoms with Gasteiger partial charge in [-0.05, 0) is 31.9 Å². The highest BCUT2D eigenvalue weighted by Crippen LogP contribution is 2.39. The van der Waals surface area contributed by atoms with Crippen molar-refractivity contribution >= 4 is 29.9 Å². The molecule has 0 amide bonds. The Morgan fingerprint density at radius 3 is 2.50 bits per heavy atom. The zero-order valence-electron chi connectivity index (χ0n) is 16.0. The molecule has 1 unspecified atom stereocenters. The maximum atomic E-state index is 5.64. The normalized spacial score (nSPS) is 16.6. The van der Waals surface area contributed by atoms with Gasteiger partial charge in [-0.3, -0.25) is 0 Å². The topological polar surface area (TPSA) is 73.3 Å². The van der Waals surface area contributed by atoms with Gasteiger partial charge >= 0.3 is 0 Å². The molecule has 0 radical (unpaired) electrons. The molecule has 8 heteroatoms. The van der Waals surface area contributed by atoms with Crippen LogP contribution in [-0.4, -0.2) is 53.1 Å². The van der Waals surface area contributed by atoms with E-state index in [1.54, 1.807) is 21.3 Å². The van der Waals surface area contributed by atoms with Crippen molar-refractivity contribution in [3.63, 3.8) is 0 Å². The first-order valence-corrected chi connectivity index (χ1v) is 8.65. The van der Waals surface area contributed by atoms with Gasteiger partial charge in [0.15, 0.2) is 17.5 Å². The minimum absolute atomic E-state index is 0. The van der Waals surface area contributed by atoms with E-state index in [9.17, 15) is 0 Å². The number of ether oxygens (including phenoxy) is 4. The van der Waals surface area contributed by atoms with Gasteiger partial charge in [-0.25, -0.2) is 4.99 Å². The number of hydrogen-bond donors (Lipinski definition) is 2. The van der Waals surface area contributed by atoms with E-state index in [1.807, 2.05) is 19.1 Å². The zero-order valence-corrected chi connectivity index (χ0v) is 18.3. The van der Waals surface area contributed by atoms with E-state index < -0.39 is 0 Å². The standard InChI is InChI=1S/C18H29N3O4.HI/c1-5-19-18(21-12-14-7-6-10-25-14)20-11-13-8-9-15(22-2)17(24-4)16(13)23-3;/h8-9,14H,5-7,10-12H2,1-4H3,(H2,19,20,21);1H. The largest absolute Gasteiger partial charge is 0.493 e. The lowest BCUT2D eigenvalue weighted by Crippen LogP contribution is -2.41. The highest BCUT2D eigenvalue weighted by atomic mass is 127. The summed E-state index contributed by atoms with van der Waals surface area (Å²) in [6, 6.07) is 3.80. The monoisotopic (exact) mass is 479 g/mol. The third-order valence-corrected chi connectivity index (χ3v) is 4.06. The molecule has 1 atom stereocenters. The van der Waals surface area contributed by atoms with Crippen LogP contribution in [0.5, 0.6) is 17.2 Å². The minimum Gasteiger partial charge on any atom is -0.493 e. The molecule has 1 heterocycles. The van der Waals surface area contributed by atoms with E-state index in [0.717, 1.165) is 44.1 Å². The number of aliphatic imine (C=N–C) groups is 1. The molecule has 0 spiro atoms. The predicted molar refractivity (Wildman–Crippen MR) is 113 cm³/mol. The van der Waals surface area contributed by atoms with Crippen LogP contribution < -0.4 is 24.8 Å². The van der Waals surface area contributed by atoms with Crippen molar-refractivity contribution in [3.8, 4) is 17.2 Å². The highest BCUT2D eigenvalue weighted by Gasteiger charge is 2.17. The molecule has 0 bridgehead atoms. The van der Waals surface area contributed by atoms with Crippen LogP contribution in [0, 0.1) is 0 Å². The molecular formula is C18H30IN3O4. The second-order valence-electron chi connectivity index (χ2n) is 5.70. The van der Waals surface area contributed by atoms with Gasteiger partial charge in [-0.1, -0.05) is 0 Å². The molecule has 2 N–H and O–H groups in total. The molecule has 2 rings (SSSR count). The molecule has 1 aliphatic heterocycles. The zero-order chi connectivity index (χ0) is 18.1. The second-order valence-corrected chi connectivity index (χ2v) is 5.70. The van der Waals surface area contributed by atoms with Gasteiger partial charge in [-0.15, -0.1) is 24.0 Å². The Kier molecular flexibility index (Phi) is 10.5. The van der Waals surface area contributed by atoms with Crippen molar-refractivity contribution in [1.82, 2.24) is 10.6 Å². The molecule has 1 fully saturated rings. The van der Waals surface area contributed by atoms with E-state index >= 15 is 0 Å². The van der Waals surface area contributed by atoms with E-state index in [1.165, 1.54) is 0 Å². The summed E-state index contributed by atoms with van der Waals surface area (Å²) < 4.78 is 21.9. The Morgan fingerprint density at radius 1 is 1.15 bits per heavy atom. The van der Waals surface area contributed by atoms with Gasteiger partial charge in [0.1, 0.15) is 0 Å². The Balaban J connectivity index is 0.00000338. The maximum absolute atomic E-state index is 5.64. The molecule has 1 aromatic carbocycles. The van der Waals surface area contributed by atoms with Gasteiger partial charge in [0.25, 0.3) is 0 Å².